The van der Waals surface area contributed by atoms with Crippen molar-refractivity contribution in [2.45, 2.75) is 20.8 Å². The van der Waals surface area contributed by atoms with E-state index in [0.717, 1.165) is 11.0 Å². The Bertz CT molecular complexity index is 139. The number of rotatable bonds is 8. The number of quaternary nitrogens is 1. The quantitative estimate of drug-likeness (QED) is 0.510. The van der Waals surface area contributed by atoms with E-state index in [1.165, 1.54) is 0 Å². The average Bonchev–Trinajstić information content (AvgIpc) is 2.18. The molecule has 0 unspecified atom stereocenters. The van der Waals surface area contributed by atoms with Crippen molar-refractivity contribution in [1.82, 2.24) is 0 Å². The summed E-state index contributed by atoms with van der Waals surface area (Å²) < 4.78 is 16.1. The minimum Gasteiger partial charge on any atom is -0.391 e. The zero-order chi connectivity index (χ0) is 13.7. The summed E-state index contributed by atoms with van der Waals surface area (Å²) >= 11 is 0. The fourth-order valence-electron chi connectivity index (χ4n) is 0.853. The molecule has 17 heavy (non-hydrogen) atoms. The molecule has 0 aliphatic carbocycles. The van der Waals surface area contributed by atoms with Crippen molar-refractivity contribution in [2.24, 2.45) is 0 Å². The van der Waals surface area contributed by atoms with Gasteiger partial charge in [-0.25, -0.2) is 0 Å². The number of hydrogen-bond acceptors (Lipinski definition) is 4. The highest BCUT2D eigenvalue weighted by Crippen LogP contribution is 1.91. The Kier molecular flexibility index (Phi) is 13.9. The van der Waals surface area contributed by atoms with Gasteiger partial charge in [0.25, 0.3) is 0 Å². The van der Waals surface area contributed by atoms with E-state index in [4.69, 9.17) is 19.1 Å². The molecule has 5 nitrogen and oxygen atoms in total. The van der Waals surface area contributed by atoms with Crippen LogP contribution in [0.5, 0.6) is 0 Å². The number of hydrogen-bond donors (Lipinski definition) is 1. The predicted molar refractivity (Wildman–Crippen MR) is 70.6 cm³/mol. The normalized spacial score (nSPS) is 10.8. The Morgan fingerprint density at radius 3 is 1.35 bits per heavy atom. The van der Waals surface area contributed by atoms with Crippen LogP contribution in [0.2, 0.25) is 0 Å². The first-order valence-corrected chi connectivity index (χ1v) is 6.17. The monoisotopic (exact) mass is 250 g/mol. The molecule has 0 atom stereocenters. The van der Waals surface area contributed by atoms with E-state index < -0.39 is 7.32 Å². The molecule has 0 rings (SSSR count). The number of likely N-dealkylation sites (N-methyl/N-ethyl adjacent to an activating group) is 1. The second-order valence-corrected chi connectivity index (χ2v) is 4.39. The van der Waals surface area contributed by atoms with Crippen molar-refractivity contribution in [3.63, 3.8) is 0 Å². The fraction of sp³-hybridized carbons (Fsp3) is 1.00. The molecule has 0 bridgehead atoms. The Hall–Kier alpha value is -0.135. The summed E-state index contributed by atoms with van der Waals surface area (Å²) in [5.74, 6) is 0. The maximum Gasteiger partial charge on any atom is 0.639 e. The summed E-state index contributed by atoms with van der Waals surface area (Å²) in [4.78, 5) is 0. The first-order chi connectivity index (χ1) is 7.91. The second kappa shape index (κ2) is 12.3. The molecule has 0 aromatic rings. The van der Waals surface area contributed by atoms with Gasteiger partial charge in [0.2, 0.25) is 0 Å². The third kappa shape index (κ3) is 18.4. The molecule has 0 aromatic heterocycles. The Labute approximate surface area is 106 Å². The van der Waals surface area contributed by atoms with Gasteiger partial charge in [0.15, 0.2) is 0 Å². The maximum atomic E-state index is 8.39. The third-order valence-corrected chi connectivity index (χ3v) is 1.68. The summed E-state index contributed by atoms with van der Waals surface area (Å²) in [5, 5.41) is 8.39. The average molecular weight is 250 g/mol. The summed E-state index contributed by atoms with van der Waals surface area (Å²) in [6.07, 6.45) is 0. The van der Waals surface area contributed by atoms with Gasteiger partial charge < -0.3 is 23.6 Å². The zero-order valence-electron chi connectivity index (χ0n) is 12.2. The maximum absolute atomic E-state index is 8.39. The molecule has 0 saturated heterocycles. The van der Waals surface area contributed by atoms with Crippen LogP contribution in [0.15, 0.2) is 0 Å². The second-order valence-electron chi connectivity index (χ2n) is 4.39. The molecule has 0 amide bonds. The van der Waals surface area contributed by atoms with Crippen molar-refractivity contribution in [2.75, 3.05) is 54.1 Å². The van der Waals surface area contributed by atoms with Gasteiger partial charge in [0, 0.05) is 19.8 Å². The van der Waals surface area contributed by atoms with E-state index >= 15 is 0 Å². The fourth-order valence-corrected chi connectivity index (χ4v) is 0.853. The molecule has 0 heterocycles. The van der Waals surface area contributed by atoms with Crippen molar-refractivity contribution in [3.8, 4) is 0 Å². The lowest BCUT2D eigenvalue weighted by Crippen LogP contribution is -2.36. The largest absolute Gasteiger partial charge is 0.639 e. The number of nitrogens with zero attached hydrogens (tertiary/aromatic N) is 1. The highest BCUT2D eigenvalue weighted by molar-refractivity contribution is 6.36. The summed E-state index contributed by atoms with van der Waals surface area (Å²) in [7, 11) is 5.68. The zero-order valence-corrected chi connectivity index (χ0v) is 12.2. The topological polar surface area (TPSA) is 47.9 Å². The van der Waals surface area contributed by atoms with Crippen LogP contribution in [0, 0.1) is 0 Å². The lowest BCUT2D eigenvalue weighted by molar-refractivity contribution is -0.870. The molecule has 1 N–H and O–H groups in total. The van der Waals surface area contributed by atoms with Crippen molar-refractivity contribution < 1.29 is 23.6 Å². The van der Waals surface area contributed by atoms with Gasteiger partial charge in [-0.15, -0.1) is 0 Å². The van der Waals surface area contributed by atoms with E-state index in [2.05, 4.69) is 21.1 Å². The molecule has 0 spiro atoms. The minimum absolute atomic E-state index is 0.281. The molecule has 0 radical (unpaired) electrons. The van der Waals surface area contributed by atoms with E-state index in [1.54, 1.807) is 0 Å². The van der Waals surface area contributed by atoms with Crippen molar-refractivity contribution in [1.29, 1.82) is 0 Å². The van der Waals surface area contributed by atoms with Crippen LogP contribution in [-0.2, 0) is 14.0 Å². The van der Waals surface area contributed by atoms with Crippen LogP contribution in [0.25, 0.3) is 0 Å². The Morgan fingerprint density at radius 2 is 1.24 bits per heavy atom. The van der Waals surface area contributed by atoms with Gasteiger partial charge in [-0.1, -0.05) is 0 Å². The number of aliphatic hydroxyl groups excluding tert-OH is 1. The SMILES string of the molecule is CCOB(OCC)OCC.C[N+](C)(C)CCO. The van der Waals surface area contributed by atoms with Crippen LogP contribution in [0.1, 0.15) is 20.8 Å². The highest BCUT2D eigenvalue weighted by Gasteiger charge is 2.17. The molecule has 6 heteroatoms. The highest BCUT2D eigenvalue weighted by atomic mass is 16.7. The van der Waals surface area contributed by atoms with E-state index in [-0.39, 0.29) is 6.61 Å². The van der Waals surface area contributed by atoms with Crippen LogP contribution in [-0.4, -0.2) is 71.0 Å². The van der Waals surface area contributed by atoms with Gasteiger partial charge in [0.1, 0.15) is 6.54 Å². The molecule has 0 fully saturated rings. The first-order valence-electron chi connectivity index (χ1n) is 6.17. The molecule has 104 valence electrons. The summed E-state index contributed by atoms with van der Waals surface area (Å²) in [6.45, 7) is 8.69. The van der Waals surface area contributed by atoms with E-state index in [9.17, 15) is 0 Å². The van der Waals surface area contributed by atoms with Gasteiger partial charge in [-0.3, -0.25) is 0 Å². The summed E-state index contributed by atoms with van der Waals surface area (Å²) in [6, 6.07) is 0. The van der Waals surface area contributed by atoms with Gasteiger partial charge in [-0.2, -0.15) is 0 Å². The minimum atomic E-state index is -0.472. The van der Waals surface area contributed by atoms with Gasteiger partial charge >= 0.3 is 7.32 Å². The van der Waals surface area contributed by atoms with Crippen LogP contribution < -0.4 is 0 Å². The third-order valence-electron chi connectivity index (χ3n) is 1.68. The molecular formula is C11H29BNO4+. The number of aliphatic hydroxyl groups is 1. The molecule has 0 saturated carbocycles. The Morgan fingerprint density at radius 1 is 0.882 bits per heavy atom. The van der Waals surface area contributed by atoms with Crippen LogP contribution in [0.3, 0.4) is 0 Å². The van der Waals surface area contributed by atoms with Gasteiger partial charge in [-0.05, 0) is 20.8 Å². The molecule has 0 aliphatic heterocycles. The van der Waals surface area contributed by atoms with Crippen molar-refractivity contribution in [3.05, 3.63) is 0 Å². The van der Waals surface area contributed by atoms with Gasteiger partial charge in [0.05, 0.1) is 27.7 Å². The molecular weight excluding hydrogens is 221 g/mol. The smallest absolute Gasteiger partial charge is 0.391 e. The lowest BCUT2D eigenvalue weighted by Gasteiger charge is -2.21. The van der Waals surface area contributed by atoms with E-state index in [0.29, 0.717) is 19.8 Å². The molecule has 0 aliphatic rings. The Balaban J connectivity index is 0. The lowest BCUT2D eigenvalue weighted by atomic mass is 10.2. The standard InChI is InChI=1S/C6H15BO3.C5H14NO/c1-4-8-7(9-5-2)10-6-3;1-6(2,3)4-5-7/h4-6H2,1-3H3;7H,4-5H2,1-3H3/q;+1. The van der Waals surface area contributed by atoms with Crippen molar-refractivity contribution >= 4 is 7.32 Å². The first kappa shape index (κ1) is 19.2. The predicted octanol–water partition coefficient (Wildman–Crippen LogP) is 0.766. The van der Waals surface area contributed by atoms with E-state index in [1.807, 2.05) is 20.8 Å². The van der Waals surface area contributed by atoms with Crippen LogP contribution >= 0.6 is 0 Å². The summed E-state index contributed by atoms with van der Waals surface area (Å²) in [5.41, 5.74) is 0. The van der Waals surface area contributed by atoms with Crippen LogP contribution in [0.4, 0.5) is 0 Å². The molecule has 0 aromatic carbocycles.